The number of fused-ring (bicyclic) bond motifs is 4. The number of rotatable bonds is 5. The van der Waals surface area contributed by atoms with Gasteiger partial charge in [0.2, 0.25) is 0 Å². The Morgan fingerprint density at radius 1 is 0.455 bits per heavy atom. The van der Waals surface area contributed by atoms with Gasteiger partial charge < -0.3 is 18.9 Å². The van der Waals surface area contributed by atoms with Crippen LogP contribution in [0.3, 0.4) is 0 Å². The second kappa shape index (κ2) is 15.3. The molecule has 4 heteroatoms. The van der Waals surface area contributed by atoms with Crippen LogP contribution in [0.15, 0.2) is 133 Å². The molecule has 4 nitrogen and oxygen atoms in total. The molecule has 338 valence electrons. The molecular formula is C62H70N4. The van der Waals surface area contributed by atoms with Gasteiger partial charge in [-0.3, -0.25) is 0 Å². The molecule has 8 aromatic rings. The molecule has 0 saturated carbocycles. The molecule has 4 unspecified atom stereocenters. The highest BCUT2D eigenvalue weighted by atomic mass is 15.2. The lowest BCUT2D eigenvalue weighted by Gasteiger charge is -2.30. The first-order valence-electron chi connectivity index (χ1n) is 32.8. The Balaban J connectivity index is 1.46. The lowest BCUT2D eigenvalue weighted by atomic mass is 9.78. The van der Waals surface area contributed by atoms with Gasteiger partial charge in [-0.1, -0.05) is 156 Å². The summed E-state index contributed by atoms with van der Waals surface area (Å²) in [5.74, 6) is -1.68. The Kier molecular flexibility index (Phi) is 6.10. The largest absolute Gasteiger partial charge is 0.341 e. The summed E-state index contributed by atoms with van der Waals surface area (Å²) in [7, 11) is 0. The molecule has 10 rings (SSSR count). The number of para-hydroxylation sites is 4. The number of nitrogens with zero attached hydrogens (tertiary/aromatic N) is 4. The third kappa shape index (κ3) is 7.18. The van der Waals surface area contributed by atoms with E-state index in [-0.39, 0.29) is 104 Å². The van der Waals surface area contributed by atoms with E-state index in [4.69, 9.17) is 11.0 Å². The number of aromatic nitrogens is 2. The van der Waals surface area contributed by atoms with Crippen molar-refractivity contribution < 1.29 is 27.4 Å². The van der Waals surface area contributed by atoms with Gasteiger partial charge in [-0.05, 0) is 128 Å². The van der Waals surface area contributed by atoms with Crippen molar-refractivity contribution in [2.45, 2.75) is 120 Å². The van der Waals surface area contributed by atoms with Gasteiger partial charge in [0.05, 0.1) is 44.1 Å². The summed E-state index contributed by atoms with van der Waals surface area (Å²) in [6, 6.07) is -0.578. The molecule has 0 bridgehead atoms. The lowest BCUT2D eigenvalue weighted by Crippen LogP contribution is -2.24. The Morgan fingerprint density at radius 2 is 0.864 bits per heavy atom. The Morgan fingerprint density at radius 3 is 1.39 bits per heavy atom. The van der Waals surface area contributed by atoms with Crippen LogP contribution in [0.5, 0.6) is 0 Å². The van der Waals surface area contributed by atoms with Crippen molar-refractivity contribution in [1.82, 2.24) is 9.13 Å². The summed E-state index contributed by atoms with van der Waals surface area (Å²) < 4.78 is 191. The minimum atomic E-state index is -1.33. The second-order valence-electron chi connectivity index (χ2n) is 22.1. The first-order valence-corrected chi connectivity index (χ1v) is 22.6. The minimum absolute atomic E-state index is 0.0261. The summed E-state index contributed by atoms with van der Waals surface area (Å²) in [5, 5.41) is 0.194. The Hall–Kier alpha value is -6.00. The van der Waals surface area contributed by atoms with Crippen LogP contribution >= 0.6 is 0 Å². The van der Waals surface area contributed by atoms with Crippen LogP contribution in [-0.4, -0.2) is 22.2 Å². The Bertz CT molecular complexity index is 4300. The maximum absolute atomic E-state index is 10.3. The zero-order chi connectivity index (χ0) is 64.2. The van der Waals surface area contributed by atoms with E-state index in [1.165, 1.54) is 14.0 Å². The van der Waals surface area contributed by atoms with E-state index in [2.05, 4.69) is 0 Å². The van der Waals surface area contributed by atoms with E-state index in [0.29, 0.717) is 33.4 Å². The van der Waals surface area contributed by atoms with E-state index in [1.807, 2.05) is 83.1 Å². The van der Waals surface area contributed by atoms with Gasteiger partial charge in [-0.15, -0.1) is 0 Å². The molecular weight excluding hydrogens is 801 g/mol. The number of hydrogen-bond donors (Lipinski definition) is 0. The van der Waals surface area contributed by atoms with Gasteiger partial charge >= 0.3 is 0 Å². The van der Waals surface area contributed by atoms with Crippen LogP contribution in [0.1, 0.15) is 156 Å². The molecule has 0 fully saturated rings. The van der Waals surface area contributed by atoms with Gasteiger partial charge in [0, 0.05) is 76.4 Å². The van der Waals surface area contributed by atoms with Crippen molar-refractivity contribution in [3.05, 3.63) is 167 Å². The van der Waals surface area contributed by atoms with E-state index >= 15 is 0 Å². The highest BCUT2D eigenvalue weighted by Gasteiger charge is 2.39. The molecule has 4 atom stereocenters. The molecule has 0 N–H and O–H groups in total. The number of benzene rings is 6. The average molecular weight is 891 g/mol. The average Bonchev–Trinajstić information content (AvgIpc) is 2.86. The molecule has 6 aromatic carbocycles. The summed E-state index contributed by atoms with van der Waals surface area (Å²) in [5.41, 5.74) is -0.263. The van der Waals surface area contributed by atoms with Crippen molar-refractivity contribution in [2.24, 2.45) is 10.8 Å². The van der Waals surface area contributed by atoms with E-state index < -0.39 is 119 Å². The molecule has 2 aliphatic heterocycles. The van der Waals surface area contributed by atoms with Gasteiger partial charge in [0.25, 0.3) is 0 Å². The summed E-state index contributed by atoms with van der Waals surface area (Å²) in [6.45, 7) is 23.1. The van der Waals surface area contributed by atoms with Crippen molar-refractivity contribution in [3.63, 3.8) is 0 Å². The first kappa shape index (κ1) is 26.4. The van der Waals surface area contributed by atoms with E-state index in [0.717, 1.165) is 0 Å². The predicted octanol–water partition coefficient (Wildman–Crippen LogP) is 17.0. The topological polar surface area (TPSA) is 16.3 Å². The minimum Gasteiger partial charge on any atom is -0.341 e. The van der Waals surface area contributed by atoms with E-state index in [1.54, 1.807) is 43.0 Å². The molecule has 0 radical (unpaired) electrons. The fourth-order valence-corrected chi connectivity index (χ4v) is 9.68. The standard InChI is InChI=1S/C62H70N4/c1-39-47(31-41(63-35-49(59(3,4)5)43-23-15-19-27-53(43)63)33-57(39)65-37-51(61(9,10)11)45-25-17-21-29-55(45)65)48-32-42(64-36-50(60(6,7)8)44-24-16-20-28-54(44)64)34-58(40(48)2)66-38-52(62(12,13)14)46-26-18-22-30-56(46)66/h15-35,38,50-51H,36-37H2,1-14H3/i15D,16D,17D,18D,19D,20D,21D,22D,23D,24D,25D,26D,27D,28D,29D,30D,35D,36D,37D,38D. The molecule has 0 spiro atoms. The quantitative estimate of drug-likeness (QED) is 0.171. The van der Waals surface area contributed by atoms with Crippen LogP contribution < -0.4 is 9.80 Å². The molecule has 66 heavy (non-hydrogen) atoms. The third-order valence-electron chi connectivity index (χ3n) is 13.2. The third-order valence-corrected chi connectivity index (χ3v) is 13.2. The van der Waals surface area contributed by atoms with Gasteiger partial charge in [0.15, 0.2) is 0 Å². The molecule has 2 aromatic heterocycles. The van der Waals surface area contributed by atoms with Gasteiger partial charge in [-0.25, -0.2) is 0 Å². The summed E-state index contributed by atoms with van der Waals surface area (Å²) >= 11 is 0. The lowest BCUT2D eigenvalue weighted by molar-refractivity contribution is 0.335. The predicted molar refractivity (Wildman–Crippen MR) is 284 cm³/mol. The fraction of sp³-hybridized carbons (Fsp3) is 0.355. The molecule has 4 heterocycles. The zero-order valence-corrected chi connectivity index (χ0v) is 40.4. The van der Waals surface area contributed by atoms with Gasteiger partial charge in [-0.2, -0.15) is 0 Å². The SMILES string of the molecule is [2H]c1c([2H])c([2H])c2c(c1[2H])C(C(C)(C)C)C([2H])N2c1cc(-c2cc(-n3c([2H])c(C(C)(C)C)c4c([2H])c([2H])c([2H])c([2H])c43)cc(N3c4c([2H])c([2H])c([2H])c([2H])c4C(C(C)(C)C)C3[2H])c2C)c(C)c(-n2c([2H])c(C(C)(C)C)c3c([2H])c([2H])c([2H])c([2H])c32)c1. The van der Waals surface area contributed by atoms with Crippen LogP contribution in [0, 0.1) is 24.7 Å². The number of hydrogen-bond acceptors (Lipinski definition) is 2. The fourth-order valence-electron chi connectivity index (χ4n) is 9.68. The maximum atomic E-state index is 10.3. The Labute approximate surface area is 423 Å². The first-order chi connectivity index (χ1) is 39.5. The van der Waals surface area contributed by atoms with Gasteiger partial charge in [0.1, 0.15) is 0 Å². The molecule has 0 amide bonds. The normalized spacial score (nSPS) is 23.2. The van der Waals surface area contributed by atoms with Crippen LogP contribution in [0.4, 0.5) is 22.7 Å². The maximum Gasteiger partial charge on any atom is 0.0826 e. The van der Waals surface area contributed by atoms with Crippen LogP contribution in [0.25, 0.3) is 44.3 Å². The number of anilines is 4. The monoisotopic (exact) mass is 891 g/mol. The summed E-state index contributed by atoms with van der Waals surface area (Å²) in [4.78, 5) is 3.08. The highest BCUT2D eigenvalue weighted by Crippen LogP contribution is 2.53. The second-order valence-corrected chi connectivity index (χ2v) is 22.1. The molecule has 2 aliphatic rings. The highest BCUT2D eigenvalue weighted by molar-refractivity contribution is 5.92. The zero-order valence-electron chi connectivity index (χ0n) is 60.4. The smallest absolute Gasteiger partial charge is 0.0826 e. The van der Waals surface area contributed by atoms with E-state index in [9.17, 15) is 16.4 Å². The molecule has 0 aliphatic carbocycles. The van der Waals surface area contributed by atoms with Crippen LogP contribution in [0.2, 0.25) is 0 Å². The van der Waals surface area contributed by atoms with Crippen molar-refractivity contribution in [3.8, 4) is 22.5 Å². The summed E-state index contributed by atoms with van der Waals surface area (Å²) in [6.07, 6.45) is -0.384. The van der Waals surface area contributed by atoms with Crippen LogP contribution in [-0.2, 0) is 10.8 Å². The van der Waals surface area contributed by atoms with Crippen molar-refractivity contribution in [1.29, 1.82) is 0 Å². The van der Waals surface area contributed by atoms with Crippen molar-refractivity contribution >= 4 is 44.6 Å². The molecule has 0 saturated heterocycles. The van der Waals surface area contributed by atoms with Crippen molar-refractivity contribution in [2.75, 3.05) is 22.8 Å².